The Morgan fingerprint density at radius 3 is 2.67 bits per heavy atom. The summed E-state index contributed by atoms with van der Waals surface area (Å²) in [5.74, 6) is 0.854. The topological polar surface area (TPSA) is 59.1 Å². The van der Waals surface area contributed by atoms with Gasteiger partial charge in [-0.05, 0) is 42.9 Å². The molecule has 3 N–H and O–H groups in total. The first-order valence-electron chi connectivity index (χ1n) is 6.52. The molecule has 0 aliphatic heterocycles. The highest BCUT2D eigenvalue weighted by atomic mass is 16.5. The van der Waals surface area contributed by atoms with Crippen molar-refractivity contribution in [2.24, 2.45) is 11.7 Å². The van der Waals surface area contributed by atoms with E-state index in [0.717, 1.165) is 30.1 Å². The van der Waals surface area contributed by atoms with Gasteiger partial charge in [-0.15, -0.1) is 0 Å². The molecule has 0 bridgehead atoms. The highest BCUT2D eigenvalue weighted by Gasteiger charge is 2.02. The van der Waals surface area contributed by atoms with E-state index in [2.05, 4.69) is 13.8 Å². The fourth-order valence-corrected chi connectivity index (χ4v) is 1.80. The average Bonchev–Trinajstić information content (AvgIpc) is 2.29. The van der Waals surface area contributed by atoms with E-state index in [9.17, 15) is 0 Å². The molecule has 0 heterocycles. The van der Waals surface area contributed by atoms with Crippen LogP contribution in [0.15, 0.2) is 18.2 Å². The molecule has 0 aromatic heterocycles. The van der Waals surface area contributed by atoms with Gasteiger partial charge < -0.3 is 10.5 Å². The van der Waals surface area contributed by atoms with Crippen molar-refractivity contribution in [1.29, 1.82) is 5.41 Å². The van der Waals surface area contributed by atoms with E-state index >= 15 is 0 Å². The SMILES string of the molecule is Cc1cc(C(=N)N)ccc1COCCCC(C)C. The lowest BCUT2D eigenvalue weighted by Gasteiger charge is -2.09. The molecule has 0 fully saturated rings. The molecule has 0 amide bonds. The molecule has 1 aromatic rings. The van der Waals surface area contributed by atoms with Crippen LogP contribution in [0.5, 0.6) is 0 Å². The van der Waals surface area contributed by atoms with Crippen LogP contribution in [0.4, 0.5) is 0 Å². The molecule has 0 radical (unpaired) electrons. The molecular weight excluding hydrogens is 224 g/mol. The van der Waals surface area contributed by atoms with E-state index in [1.807, 2.05) is 25.1 Å². The van der Waals surface area contributed by atoms with E-state index in [1.54, 1.807) is 0 Å². The first-order valence-corrected chi connectivity index (χ1v) is 6.52. The van der Waals surface area contributed by atoms with Crippen LogP contribution in [0.3, 0.4) is 0 Å². The van der Waals surface area contributed by atoms with Crippen LogP contribution in [0.1, 0.15) is 43.4 Å². The second-order valence-corrected chi connectivity index (χ2v) is 5.14. The second kappa shape index (κ2) is 7.17. The third-order valence-electron chi connectivity index (χ3n) is 2.98. The first kappa shape index (κ1) is 14.7. The highest BCUT2D eigenvalue weighted by molar-refractivity contribution is 5.95. The number of amidine groups is 1. The van der Waals surface area contributed by atoms with Crippen LogP contribution in [-0.2, 0) is 11.3 Å². The number of hydrogen-bond donors (Lipinski definition) is 2. The minimum Gasteiger partial charge on any atom is -0.384 e. The van der Waals surface area contributed by atoms with Gasteiger partial charge in [0.15, 0.2) is 0 Å². The third kappa shape index (κ3) is 4.88. The zero-order valence-electron chi connectivity index (χ0n) is 11.6. The van der Waals surface area contributed by atoms with Crippen molar-refractivity contribution in [1.82, 2.24) is 0 Å². The molecular formula is C15H24N2O. The quantitative estimate of drug-likeness (QED) is 0.442. The van der Waals surface area contributed by atoms with Gasteiger partial charge in [0.05, 0.1) is 6.61 Å². The molecule has 0 saturated heterocycles. The maximum absolute atomic E-state index is 7.38. The zero-order chi connectivity index (χ0) is 13.5. The van der Waals surface area contributed by atoms with E-state index in [-0.39, 0.29) is 5.84 Å². The van der Waals surface area contributed by atoms with Crippen molar-refractivity contribution < 1.29 is 4.74 Å². The molecule has 0 saturated carbocycles. The van der Waals surface area contributed by atoms with Crippen LogP contribution >= 0.6 is 0 Å². The molecule has 100 valence electrons. The zero-order valence-corrected chi connectivity index (χ0v) is 11.6. The van der Waals surface area contributed by atoms with Crippen LogP contribution < -0.4 is 5.73 Å². The molecule has 3 nitrogen and oxygen atoms in total. The van der Waals surface area contributed by atoms with E-state index in [1.165, 1.54) is 12.0 Å². The van der Waals surface area contributed by atoms with Gasteiger partial charge in [-0.3, -0.25) is 5.41 Å². The summed E-state index contributed by atoms with van der Waals surface area (Å²) in [7, 11) is 0. The Morgan fingerprint density at radius 1 is 1.39 bits per heavy atom. The summed E-state index contributed by atoms with van der Waals surface area (Å²) in [5, 5.41) is 7.38. The monoisotopic (exact) mass is 248 g/mol. The molecule has 18 heavy (non-hydrogen) atoms. The van der Waals surface area contributed by atoms with Gasteiger partial charge >= 0.3 is 0 Å². The smallest absolute Gasteiger partial charge is 0.122 e. The molecule has 0 atom stereocenters. The summed E-state index contributed by atoms with van der Waals surface area (Å²) >= 11 is 0. The lowest BCUT2D eigenvalue weighted by atomic mass is 10.1. The van der Waals surface area contributed by atoms with E-state index in [0.29, 0.717) is 6.61 Å². The minimum absolute atomic E-state index is 0.113. The Morgan fingerprint density at radius 2 is 2.11 bits per heavy atom. The number of aryl methyl sites for hydroxylation is 1. The number of benzene rings is 1. The first-order chi connectivity index (χ1) is 8.50. The van der Waals surface area contributed by atoms with Crippen molar-refractivity contribution >= 4 is 5.84 Å². The normalized spacial score (nSPS) is 10.9. The van der Waals surface area contributed by atoms with Gasteiger partial charge in [-0.25, -0.2) is 0 Å². The lowest BCUT2D eigenvalue weighted by Crippen LogP contribution is -2.11. The van der Waals surface area contributed by atoms with Gasteiger partial charge in [0.25, 0.3) is 0 Å². The molecule has 0 spiro atoms. The predicted octanol–water partition coefficient (Wildman–Crippen LogP) is 3.23. The molecule has 1 aromatic carbocycles. The summed E-state index contributed by atoms with van der Waals surface area (Å²) in [6.07, 6.45) is 2.32. The summed E-state index contributed by atoms with van der Waals surface area (Å²) < 4.78 is 5.67. The summed E-state index contributed by atoms with van der Waals surface area (Å²) in [6, 6.07) is 5.81. The number of rotatable bonds is 7. The maximum Gasteiger partial charge on any atom is 0.122 e. The third-order valence-corrected chi connectivity index (χ3v) is 2.98. The van der Waals surface area contributed by atoms with Crippen molar-refractivity contribution in [3.63, 3.8) is 0 Å². The van der Waals surface area contributed by atoms with Crippen LogP contribution in [0, 0.1) is 18.3 Å². The fraction of sp³-hybridized carbons (Fsp3) is 0.533. The maximum atomic E-state index is 7.38. The lowest BCUT2D eigenvalue weighted by molar-refractivity contribution is 0.114. The Hall–Kier alpha value is -1.35. The number of nitrogens with two attached hydrogens (primary N) is 1. The van der Waals surface area contributed by atoms with Gasteiger partial charge in [0.1, 0.15) is 5.84 Å². The van der Waals surface area contributed by atoms with Gasteiger partial charge in [-0.2, -0.15) is 0 Å². The molecule has 0 aliphatic carbocycles. The number of nitrogen functional groups attached to an aromatic ring is 1. The molecule has 3 heteroatoms. The van der Waals surface area contributed by atoms with Gasteiger partial charge in [0.2, 0.25) is 0 Å². The van der Waals surface area contributed by atoms with Crippen molar-refractivity contribution in [3.05, 3.63) is 34.9 Å². The Kier molecular flexibility index (Phi) is 5.86. The molecule has 0 unspecified atom stereocenters. The molecule has 0 aliphatic rings. The number of ether oxygens (including phenoxy) is 1. The Labute approximate surface area is 110 Å². The van der Waals surface area contributed by atoms with Crippen LogP contribution in [-0.4, -0.2) is 12.4 Å². The van der Waals surface area contributed by atoms with Crippen molar-refractivity contribution in [2.45, 2.75) is 40.2 Å². The fourth-order valence-electron chi connectivity index (χ4n) is 1.80. The Balaban J connectivity index is 2.41. The van der Waals surface area contributed by atoms with Crippen LogP contribution in [0.2, 0.25) is 0 Å². The summed E-state index contributed by atoms with van der Waals surface area (Å²) in [6.45, 7) is 7.93. The molecule has 1 rings (SSSR count). The average molecular weight is 248 g/mol. The summed E-state index contributed by atoms with van der Waals surface area (Å²) in [5.41, 5.74) is 8.53. The largest absolute Gasteiger partial charge is 0.384 e. The van der Waals surface area contributed by atoms with E-state index < -0.39 is 0 Å². The van der Waals surface area contributed by atoms with E-state index in [4.69, 9.17) is 15.9 Å². The highest BCUT2D eigenvalue weighted by Crippen LogP contribution is 2.12. The van der Waals surface area contributed by atoms with Crippen LogP contribution in [0.25, 0.3) is 0 Å². The predicted molar refractivity (Wildman–Crippen MR) is 75.9 cm³/mol. The standard InChI is InChI=1S/C15H24N2O/c1-11(2)5-4-8-18-10-14-7-6-13(15(16)17)9-12(14)3/h6-7,9,11H,4-5,8,10H2,1-3H3,(H3,16,17). The van der Waals surface area contributed by atoms with Crippen molar-refractivity contribution in [2.75, 3.05) is 6.61 Å². The Bertz CT molecular complexity index is 399. The van der Waals surface area contributed by atoms with Gasteiger partial charge in [0, 0.05) is 12.2 Å². The number of hydrogen-bond acceptors (Lipinski definition) is 2. The van der Waals surface area contributed by atoms with Gasteiger partial charge in [-0.1, -0.05) is 26.0 Å². The second-order valence-electron chi connectivity index (χ2n) is 5.14. The minimum atomic E-state index is 0.113. The van der Waals surface area contributed by atoms with Crippen molar-refractivity contribution in [3.8, 4) is 0 Å². The number of nitrogens with one attached hydrogen (secondary N) is 1. The summed E-state index contributed by atoms with van der Waals surface area (Å²) in [4.78, 5) is 0.